The second-order valence-electron chi connectivity index (χ2n) is 14.7. The van der Waals surface area contributed by atoms with Crippen LogP contribution in [0.2, 0.25) is 0 Å². The van der Waals surface area contributed by atoms with Crippen LogP contribution in [-0.4, -0.2) is 43.6 Å². The second kappa shape index (κ2) is 25.9. The molecule has 0 saturated carbocycles. The lowest BCUT2D eigenvalue weighted by Crippen LogP contribution is -3.00. The lowest BCUT2D eigenvalue weighted by atomic mass is 10.1. The molecule has 0 aliphatic rings. The highest BCUT2D eigenvalue weighted by Crippen LogP contribution is 2.31. The largest absolute Gasteiger partial charge is 1.00 e. The van der Waals surface area contributed by atoms with E-state index < -0.39 is 19.2 Å². The summed E-state index contributed by atoms with van der Waals surface area (Å²) in [6.45, 7) is 15.0. The van der Waals surface area contributed by atoms with Gasteiger partial charge in [-0.2, -0.15) is 9.13 Å². The zero-order chi connectivity index (χ0) is 47.1. The summed E-state index contributed by atoms with van der Waals surface area (Å²) in [5.41, 5.74) is 10.6. The Bertz CT molecular complexity index is 2540. The van der Waals surface area contributed by atoms with E-state index in [1.54, 1.807) is 12.1 Å². The maximum atomic E-state index is 12.7. The Labute approximate surface area is 399 Å². The van der Waals surface area contributed by atoms with Gasteiger partial charge in [-0.1, -0.05) is 48.5 Å². The highest BCUT2D eigenvalue weighted by molar-refractivity contribution is 5.77. The number of halogens is 8. The normalized spacial score (nSPS) is 11.1. The Kier molecular flexibility index (Phi) is 21.5. The Morgan fingerprint density at radius 1 is 0.582 bits per heavy atom. The van der Waals surface area contributed by atoms with Crippen LogP contribution in [0.4, 0.5) is 49.1 Å². The molecule has 0 amide bonds. The summed E-state index contributed by atoms with van der Waals surface area (Å²) in [7, 11) is 0. The van der Waals surface area contributed by atoms with Crippen LogP contribution in [-0.2, 0) is 14.2 Å². The molecule has 0 spiro atoms. The number of anilines is 2. The number of aromatic nitrogens is 2. The third kappa shape index (κ3) is 17.7. The molecule has 0 saturated heterocycles. The van der Waals surface area contributed by atoms with Crippen molar-refractivity contribution in [2.24, 2.45) is 0 Å². The standard InChI is InChI=1S/C22H18F3N2O.C21H19F3N2O.C7H16O3.2ClH/c1-15-10-16(2)12-18(11-15)27-14-26(17-6-4-3-5-7-17)20-9-8-19(13-21(20)27)28-22(23,24)25;1-14-10-15(2)12-17(11-14)26-20-13-18(27-21(22,23)24)8-9-19(20)25-16-6-4-3-5-7-16;1-4-8-7(9-5-2)10-6-3;;/h3-14H,1-2H3;3-13,25-26H,1-2H3;7H,4-6H2,1-3H3;2*1H/q+1;;;;/p-1. The van der Waals surface area contributed by atoms with Crippen molar-refractivity contribution in [1.29, 1.82) is 0 Å². The number of benzene rings is 6. The van der Waals surface area contributed by atoms with Crippen molar-refractivity contribution in [3.05, 3.63) is 162 Å². The van der Waals surface area contributed by atoms with Crippen LogP contribution in [0.3, 0.4) is 0 Å². The molecule has 7 aromatic rings. The SMILES string of the molecule is CCOC(OCC)OCC.Cc1cc(C)cc(-n2c[n+](-c3ccccc3)c3ccc(OC(F)(F)F)cc32)c1.Cc1cc(C)cc([NH2+]c2cc(OC(F)(F)F)ccc2Nc2ccccc2)c1.[Cl-].[Cl-]. The van der Waals surface area contributed by atoms with Crippen molar-refractivity contribution in [1.82, 2.24) is 4.57 Å². The fourth-order valence-electron chi connectivity index (χ4n) is 6.90. The minimum absolute atomic E-state index is 0. The number of imidazole rings is 1. The number of nitrogens with zero attached hydrogens (tertiary/aromatic N) is 2. The molecule has 1 heterocycles. The molecule has 0 atom stereocenters. The summed E-state index contributed by atoms with van der Waals surface area (Å²) in [6, 6.07) is 39.8. The molecule has 9 nitrogen and oxygen atoms in total. The van der Waals surface area contributed by atoms with Crippen LogP contribution in [0.15, 0.2) is 140 Å². The molecule has 360 valence electrons. The van der Waals surface area contributed by atoms with Gasteiger partial charge < -0.3 is 53.8 Å². The molecule has 3 N–H and O–H groups in total. The average Bonchev–Trinajstić information content (AvgIpc) is 3.60. The van der Waals surface area contributed by atoms with E-state index in [0.29, 0.717) is 36.7 Å². The van der Waals surface area contributed by atoms with Crippen molar-refractivity contribution >= 4 is 33.8 Å². The van der Waals surface area contributed by atoms with Crippen LogP contribution in [0.5, 0.6) is 11.5 Å². The molecule has 0 aliphatic carbocycles. The molecule has 67 heavy (non-hydrogen) atoms. The average molecular weight is 976 g/mol. The Morgan fingerprint density at radius 2 is 1.06 bits per heavy atom. The monoisotopic (exact) mass is 974 g/mol. The Hall–Kier alpha value is -5.81. The number of hydrogen-bond donors (Lipinski definition) is 2. The lowest BCUT2D eigenvalue weighted by Gasteiger charge is -2.15. The molecule has 6 aromatic carbocycles. The van der Waals surface area contributed by atoms with E-state index >= 15 is 0 Å². The molecule has 7 rings (SSSR count). The van der Waals surface area contributed by atoms with Crippen LogP contribution >= 0.6 is 0 Å². The predicted octanol–water partition coefficient (Wildman–Crippen LogP) is 6.28. The van der Waals surface area contributed by atoms with Gasteiger partial charge in [0, 0.05) is 49.8 Å². The van der Waals surface area contributed by atoms with Gasteiger partial charge in [-0.05, 0) is 131 Å². The number of quaternary nitrogens is 1. The number of alkyl halides is 6. The van der Waals surface area contributed by atoms with Gasteiger partial charge in [-0.3, -0.25) is 5.32 Å². The fraction of sp³-hybridized carbons (Fsp3) is 0.260. The summed E-state index contributed by atoms with van der Waals surface area (Å²) >= 11 is 0. The van der Waals surface area contributed by atoms with Crippen molar-refractivity contribution in [2.45, 2.75) is 67.7 Å². The number of rotatable bonds is 14. The number of hydrogen-bond acceptors (Lipinski definition) is 6. The quantitative estimate of drug-likeness (QED) is 0.0579. The van der Waals surface area contributed by atoms with Gasteiger partial charge in [0.05, 0.1) is 0 Å². The van der Waals surface area contributed by atoms with Gasteiger partial charge in [-0.25, -0.2) is 0 Å². The molecule has 0 fully saturated rings. The first kappa shape index (κ1) is 55.5. The van der Waals surface area contributed by atoms with Crippen LogP contribution < -0.4 is 49.5 Å². The number of nitrogens with two attached hydrogens (primary N) is 1. The molecular formula is C50H54Cl2F6N4O5. The van der Waals surface area contributed by atoms with Gasteiger partial charge in [0.2, 0.25) is 0 Å². The van der Waals surface area contributed by atoms with Gasteiger partial charge in [0.25, 0.3) is 12.8 Å². The number of fused-ring (bicyclic) bond motifs is 1. The second-order valence-corrected chi connectivity index (χ2v) is 14.7. The summed E-state index contributed by atoms with van der Waals surface area (Å²) in [5.74, 6) is -0.499. The van der Waals surface area contributed by atoms with Crippen LogP contribution in [0, 0.1) is 27.7 Å². The minimum Gasteiger partial charge on any atom is -1.00 e. The van der Waals surface area contributed by atoms with Crippen molar-refractivity contribution in [2.75, 3.05) is 25.1 Å². The third-order valence-electron chi connectivity index (χ3n) is 9.23. The molecular weight excluding hydrogens is 921 g/mol. The zero-order valence-electron chi connectivity index (χ0n) is 38.0. The molecule has 0 bridgehead atoms. The van der Waals surface area contributed by atoms with Crippen molar-refractivity contribution < 1.29 is 84.7 Å². The Balaban J connectivity index is 0.000000289. The summed E-state index contributed by atoms with van der Waals surface area (Å²) in [6.07, 6.45) is -7.59. The van der Waals surface area contributed by atoms with Crippen molar-refractivity contribution in [3.8, 4) is 22.9 Å². The van der Waals surface area contributed by atoms with Crippen molar-refractivity contribution in [3.63, 3.8) is 0 Å². The maximum absolute atomic E-state index is 12.7. The highest BCUT2D eigenvalue weighted by atomic mass is 35.5. The van der Waals surface area contributed by atoms with E-state index in [1.165, 1.54) is 24.3 Å². The summed E-state index contributed by atoms with van der Waals surface area (Å²) < 4.78 is 103. The Morgan fingerprint density at radius 3 is 1.57 bits per heavy atom. The first-order valence-electron chi connectivity index (χ1n) is 20.9. The molecule has 1 aromatic heterocycles. The van der Waals surface area contributed by atoms with Gasteiger partial charge >= 0.3 is 12.7 Å². The van der Waals surface area contributed by atoms with E-state index in [4.69, 9.17) is 14.2 Å². The van der Waals surface area contributed by atoms with E-state index in [0.717, 1.165) is 50.5 Å². The molecule has 0 radical (unpaired) electrons. The number of aryl methyl sites for hydroxylation is 4. The van der Waals surface area contributed by atoms with E-state index in [-0.39, 0.29) is 36.3 Å². The predicted molar refractivity (Wildman–Crippen MR) is 240 cm³/mol. The minimum atomic E-state index is -4.74. The first-order chi connectivity index (χ1) is 30.9. The molecule has 0 aliphatic heterocycles. The van der Waals surface area contributed by atoms with E-state index in [2.05, 4.69) is 20.9 Å². The smallest absolute Gasteiger partial charge is 0.573 e. The van der Waals surface area contributed by atoms with Gasteiger partial charge in [-0.15, -0.1) is 26.3 Å². The van der Waals surface area contributed by atoms with Crippen LogP contribution in [0.25, 0.3) is 22.4 Å². The van der Waals surface area contributed by atoms with Gasteiger partial charge in [0.1, 0.15) is 34.2 Å². The number of para-hydroxylation sites is 2. The summed E-state index contributed by atoms with van der Waals surface area (Å²) in [4.78, 5) is 0. The number of nitrogens with one attached hydrogen (secondary N) is 1. The first-order valence-corrected chi connectivity index (χ1v) is 20.9. The summed E-state index contributed by atoms with van der Waals surface area (Å²) in [5, 5.41) is 5.09. The highest BCUT2D eigenvalue weighted by Gasteiger charge is 2.33. The van der Waals surface area contributed by atoms with E-state index in [1.807, 2.05) is 160 Å². The van der Waals surface area contributed by atoms with E-state index in [9.17, 15) is 26.3 Å². The van der Waals surface area contributed by atoms with Crippen LogP contribution in [0.1, 0.15) is 43.0 Å². The topological polar surface area (TPSA) is 83.6 Å². The fourth-order valence-corrected chi connectivity index (χ4v) is 6.90. The lowest BCUT2D eigenvalue weighted by molar-refractivity contribution is -0.567. The maximum Gasteiger partial charge on any atom is 0.573 e. The molecule has 0 unspecified atom stereocenters. The zero-order valence-corrected chi connectivity index (χ0v) is 39.5. The third-order valence-corrected chi connectivity index (χ3v) is 9.23. The molecule has 17 heteroatoms. The van der Waals surface area contributed by atoms with Gasteiger partial charge in [0.15, 0.2) is 16.7 Å². The number of ether oxygens (including phenoxy) is 5.